The van der Waals surface area contributed by atoms with Gasteiger partial charge >= 0.3 is 0 Å². The van der Waals surface area contributed by atoms with E-state index in [9.17, 15) is 0 Å². The quantitative estimate of drug-likeness (QED) is 0.814. The van der Waals surface area contributed by atoms with Crippen LogP contribution in [-0.2, 0) is 13.0 Å². The molecule has 114 valence electrons. The summed E-state index contributed by atoms with van der Waals surface area (Å²) in [4.78, 5) is 3.78. The van der Waals surface area contributed by atoms with Gasteiger partial charge in [-0.25, -0.2) is 0 Å². The number of nitrogens with two attached hydrogens (primary N) is 1. The van der Waals surface area contributed by atoms with Crippen molar-refractivity contribution >= 4 is 11.3 Å². The Balaban J connectivity index is 1.74. The Morgan fingerprint density at radius 3 is 2.86 bits per heavy atom. The lowest BCUT2D eigenvalue weighted by molar-refractivity contribution is 0.199. The zero-order valence-corrected chi connectivity index (χ0v) is 13.6. The SMILES string of the molecule is CC(Cc1cccs1)N(C)CCOc1cccc(CN)c1. The number of likely N-dealkylation sites (N-methyl/N-ethyl adjacent to an activating group) is 1. The van der Waals surface area contributed by atoms with Gasteiger partial charge in [0.25, 0.3) is 0 Å². The summed E-state index contributed by atoms with van der Waals surface area (Å²) in [6, 6.07) is 12.8. The van der Waals surface area contributed by atoms with Gasteiger partial charge in [0.05, 0.1) is 0 Å². The molecule has 0 amide bonds. The van der Waals surface area contributed by atoms with E-state index in [-0.39, 0.29) is 0 Å². The maximum absolute atomic E-state index is 5.81. The number of rotatable bonds is 8. The highest BCUT2D eigenvalue weighted by atomic mass is 32.1. The lowest BCUT2D eigenvalue weighted by Gasteiger charge is -2.24. The molecule has 3 nitrogen and oxygen atoms in total. The molecule has 0 bridgehead atoms. The van der Waals surface area contributed by atoms with Crippen molar-refractivity contribution in [3.05, 3.63) is 52.2 Å². The van der Waals surface area contributed by atoms with E-state index in [1.54, 1.807) is 0 Å². The second-order valence-electron chi connectivity index (χ2n) is 5.31. The standard InChI is InChI=1S/C17H24N2OS/c1-14(11-17-7-4-10-21-17)19(2)8-9-20-16-6-3-5-15(12-16)13-18/h3-7,10,12,14H,8-9,11,13,18H2,1-2H3. The molecule has 1 aromatic carbocycles. The van der Waals surface area contributed by atoms with Crippen LogP contribution in [0.4, 0.5) is 0 Å². The van der Waals surface area contributed by atoms with Gasteiger partial charge in [-0.05, 0) is 49.5 Å². The summed E-state index contributed by atoms with van der Waals surface area (Å²) in [5, 5.41) is 2.13. The van der Waals surface area contributed by atoms with Gasteiger partial charge in [0.2, 0.25) is 0 Å². The summed E-state index contributed by atoms with van der Waals surface area (Å²) in [6.07, 6.45) is 1.09. The molecule has 0 saturated carbocycles. The predicted molar refractivity (Wildman–Crippen MR) is 89.9 cm³/mol. The van der Waals surface area contributed by atoms with Crippen LogP contribution in [0, 0.1) is 0 Å². The molecule has 2 aromatic rings. The molecular formula is C17H24N2OS. The van der Waals surface area contributed by atoms with Crippen molar-refractivity contribution in [2.24, 2.45) is 5.73 Å². The molecule has 0 fully saturated rings. The van der Waals surface area contributed by atoms with Gasteiger partial charge in [-0.2, -0.15) is 0 Å². The molecule has 0 spiro atoms. The van der Waals surface area contributed by atoms with Crippen molar-refractivity contribution in [1.29, 1.82) is 0 Å². The predicted octanol–water partition coefficient (Wildman–Crippen LogP) is 3.15. The highest BCUT2D eigenvalue weighted by Gasteiger charge is 2.10. The molecule has 2 N–H and O–H groups in total. The number of nitrogens with zero attached hydrogens (tertiary/aromatic N) is 1. The van der Waals surface area contributed by atoms with Crippen LogP contribution in [0.2, 0.25) is 0 Å². The first-order valence-electron chi connectivity index (χ1n) is 7.33. The van der Waals surface area contributed by atoms with Crippen LogP contribution >= 0.6 is 11.3 Å². The third-order valence-corrected chi connectivity index (χ3v) is 4.57. The first kappa shape index (κ1) is 16.0. The van der Waals surface area contributed by atoms with E-state index in [2.05, 4.69) is 36.4 Å². The molecule has 2 rings (SSSR count). The third kappa shape index (κ3) is 5.16. The molecule has 4 heteroatoms. The molecule has 0 aliphatic rings. The van der Waals surface area contributed by atoms with Gasteiger partial charge in [0, 0.05) is 24.0 Å². The van der Waals surface area contributed by atoms with E-state index in [0.29, 0.717) is 19.2 Å². The van der Waals surface area contributed by atoms with E-state index in [4.69, 9.17) is 10.5 Å². The Hall–Kier alpha value is -1.36. The maximum atomic E-state index is 5.81. The van der Waals surface area contributed by atoms with Crippen LogP contribution in [0.25, 0.3) is 0 Å². The normalized spacial score (nSPS) is 12.6. The Kier molecular flexibility index (Phi) is 6.23. The van der Waals surface area contributed by atoms with Crippen molar-refractivity contribution in [3.63, 3.8) is 0 Å². The highest BCUT2D eigenvalue weighted by molar-refractivity contribution is 7.09. The Morgan fingerprint density at radius 2 is 2.14 bits per heavy atom. The number of hydrogen-bond acceptors (Lipinski definition) is 4. The monoisotopic (exact) mass is 304 g/mol. The topological polar surface area (TPSA) is 38.5 Å². The van der Waals surface area contributed by atoms with Crippen molar-refractivity contribution in [2.75, 3.05) is 20.2 Å². The highest BCUT2D eigenvalue weighted by Crippen LogP contribution is 2.15. The number of benzene rings is 1. The van der Waals surface area contributed by atoms with Gasteiger partial charge in [-0.1, -0.05) is 18.2 Å². The van der Waals surface area contributed by atoms with Gasteiger partial charge in [0.15, 0.2) is 0 Å². The van der Waals surface area contributed by atoms with E-state index in [0.717, 1.165) is 24.3 Å². The van der Waals surface area contributed by atoms with Gasteiger partial charge < -0.3 is 10.5 Å². The van der Waals surface area contributed by atoms with Crippen LogP contribution in [0.15, 0.2) is 41.8 Å². The molecular weight excluding hydrogens is 280 g/mol. The van der Waals surface area contributed by atoms with E-state index < -0.39 is 0 Å². The summed E-state index contributed by atoms with van der Waals surface area (Å²) in [5.74, 6) is 0.900. The van der Waals surface area contributed by atoms with Crippen molar-refractivity contribution in [3.8, 4) is 5.75 Å². The van der Waals surface area contributed by atoms with Crippen molar-refractivity contribution < 1.29 is 4.74 Å². The van der Waals surface area contributed by atoms with E-state index >= 15 is 0 Å². The third-order valence-electron chi connectivity index (χ3n) is 3.68. The fraction of sp³-hybridized carbons (Fsp3) is 0.412. The van der Waals surface area contributed by atoms with Gasteiger partial charge in [-0.3, -0.25) is 4.90 Å². The summed E-state index contributed by atoms with van der Waals surface area (Å²) in [5.41, 5.74) is 6.74. The van der Waals surface area contributed by atoms with E-state index in [1.165, 1.54) is 4.88 Å². The minimum atomic E-state index is 0.516. The number of thiophene rings is 1. The molecule has 1 heterocycles. The summed E-state index contributed by atoms with van der Waals surface area (Å²) in [7, 11) is 2.15. The molecule has 0 radical (unpaired) electrons. The van der Waals surface area contributed by atoms with Crippen molar-refractivity contribution in [1.82, 2.24) is 4.90 Å². The Labute approximate surface area is 131 Å². The van der Waals surface area contributed by atoms with Gasteiger partial charge in [-0.15, -0.1) is 11.3 Å². The average Bonchev–Trinajstić information content (AvgIpc) is 3.00. The summed E-state index contributed by atoms with van der Waals surface area (Å²) < 4.78 is 5.81. The lowest BCUT2D eigenvalue weighted by Crippen LogP contribution is -2.34. The smallest absolute Gasteiger partial charge is 0.119 e. The van der Waals surface area contributed by atoms with Crippen LogP contribution in [0.5, 0.6) is 5.75 Å². The average molecular weight is 304 g/mol. The largest absolute Gasteiger partial charge is 0.492 e. The van der Waals surface area contributed by atoms with Crippen LogP contribution < -0.4 is 10.5 Å². The zero-order chi connectivity index (χ0) is 15.1. The van der Waals surface area contributed by atoms with Gasteiger partial charge in [0.1, 0.15) is 12.4 Å². The fourth-order valence-corrected chi connectivity index (χ4v) is 2.99. The minimum absolute atomic E-state index is 0.516. The fourth-order valence-electron chi connectivity index (χ4n) is 2.17. The molecule has 0 aliphatic heterocycles. The van der Waals surface area contributed by atoms with Crippen LogP contribution in [0.3, 0.4) is 0 Å². The number of hydrogen-bond donors (Lipinski definition) is 1. The molecule has 1 atom stereocenters. The lowest BCUT2D eigenvalue weighted by atomic mass is 10.2. The van der Waals surface area contributed by atoms with Crippen LogP contribution in [0.1, 0.15) is 17.4 Å². The number of ether oxygens (including phenoxy) is 1. The summed E-state index contributed by atoms with van der Waals surface area (Å²) in [6.45, 7) is 4.42. The molecule has 1 unspecified atom stereocenters. The Bertz CT molecular complexity index is 527. The maximum Gasteiger partial charge on any atom is 0.119 e. The minimum Gasteiger partial charge on any atom is -0.492 e. The first-order chi connectivity index (χ1) is 10.2. The molecule has 21 heavy (non-hydrogen) atoms. The first-order valence-corrected chi connectivity index (χ1v) is 8.21. The van der Waals surface area contributed by atoms with Crippen LogP contribution in [-0.4, -0.2) is 31.1 Å². The molecule has 0 aliphatic carbocycles. The summed E-state index contributed by atoms with van der Waals surface area (Å²) >= 11 is 1.82. The Morgan fingerprint density at radius 1 is 1.29 bits per heavy atom. The molecule has 1 aromatic heterocycles. The van der Waals surface area contributed by atoms with E-state index in [1.807, 2.05) is 35.6 Å². The second-order valence-corrected chi connectivity index (χ2v) is 6.35. The van der Waals surface area contributed by atoms with Crippen molar-refractivity contribution in [2.45, 2.75) is 25.9 Å². The second kappa shape index (κ2) is 8.17. The zero-order valence-electron chi connectivity index (χ0n) is 12.8. The molecule has 0 saturated heterocycles.